The zero-order chi connectivity index (χ0) is 26.3. The fourth-order valence-corrected chi connectivity index (χ4v) is 4.78. The molecule has 4 atom stereocenters. The lowest BCUT2D eigenvalue weighted by Crippen LogP contribution is -2.39. The first-order valence-electron chi connectivity index (χ1n) is 12.5. The summed E-state index contributed by atoms with van der Waals surface area (Å²) in [7, 11) is 0. The SMILES string of the molecule is CC(O)(C=C[C@H]1[C@H](OCc2ccc(-c3ccccc3)cc2)CC[C@]1(O)CC(=O)O)COc1ccccc1. The van der Waals surface area contributed by atoms with E-state index >= 15 is 0 Å². The van der Waals surface area contributed by atoms with Gasteiger partial charge in [-0.15, -0.1) is 0 Å². The summed E-state index contributed by atoms with van der Waals surface area (Å²) in [4.78, 5) is 11.5. The molecule has 0 amide bonds. The number of benzene rings is 3. The summed E-state index contributed by atoms with van der Waals surface area (Å²) in [5.41, 5.74) is 0.458. The number of rotatable bonds is 11. The van der Waals surface area contributed by atoms with Gasteiger partial charge < -0.3 is 24.8 Å². The third-order valence-electron chi connectivity index (χ3n) is 6.80. The van der Waals surface area contributed by atoms with Crippen molar-refractivity contribution in [3.63, 3.8) is 0 Å². The molecule has 4 rings (SSSR count). The van der Waals surface area contributed by atoms with Crippen LogP contribution in [0.25, 0.3) is 11.1 Å². The van der Waals surface area contributed by atoms with Gasteiger partial charge in [0, 0.05) is 5.92 Å². The van der Waals surface area contributed by atoms with Crippen molar-refractivity contribution in [1.29, 1.82) is 0 Å². The molecule has 6 nitrogen and oxygen atoms in total. The second kappa shape index (κ2) is 11.7. The third-order valence-corrected chi connectivity index (χ3v) is 6.80. The summed E-state index contributed by atoms with van der Waals surface area (Å²) in [6.07, 6.45) is 3.30. The molecule has 1 saturated carbocycles. The highest BCUT2D eigenvalue weighted by molar-refractivity contribution is 5.68. The zero-order valence-corrected chi connectivity index (χ0v) is 21.0. The molecular formula is C31H34O6. The minimum absolute atomic E-state index is 0.0108. The molecule has 6 heteroatoms. The maximum Gasteiger partial charge on any atom is 0.306 e. The highest BCUT2D eigenvalue weighted by atomic mass is 16.5. The van der Waals surface area contributed by atoms with Crippen LogP contribution in [0.2, 0.25) is 0 Å². The Morgan fingerprint density at radius 1 is 1.00 bits per heavy atom. The van der Waals surface area contributed by atoms with Crippen LogP contribution in [0.5, 0.6) is 5.75 Å². The summed E-state index contributed by atoms with van der Waals surface area (Å²) >= 11 is 0. The van der Waals surface area contributed by atoms with Gasteiger partial charge in [0.1, 0.15) is 18.0 Å². The van der Waals surface area contributed by atoms with Gasteiger partial charge in [0.15, 0.2) is 0 Å². The van der Waals surface area contributed by atoms with E-state index in [1.54, 1.807) is 31.2 Å². The maximum atomic E-state index is 11.5. The minimum Gasteiger partial charge on any atom is -0.490 e. The normalized spacial score (nSPS) is 23.1. The van der Waals surface area contributed by atoms with Crippen molar-refractivity contribution in [1.82, 2.24) is 0 Å². The van der Waals surface area contributed by atoms with Crippen LogP contribution >= 0.6 is 0 Å². The number of aliphatic hydroxyl groups is 2. The molecule has 0 bridgehead atoms. The summed E-state index contributed by atoms with van der Waals surface area (Å²) in [5, 5.41) is 31.5. The Hall–Kier alpha value is -3.45. The number of carboxylic acids is 1. The topological polar surface area (TPSA) is 96.2 Å². The van der Waals surface area contributed by atoms with Crippen molar-refractivity contribution in [2.24, 2.45) is 5.92 Å². The first-order chi connectivity index (χ1) is 17.7. The monoisotopic (exact) mass is 502 g/mol. The van der Waals surface area contributed by atoms with Crippen LogP contribution in [-0.2, 0) is 16.1 Å². The van der Waals surface area contributed by atoms with E-state index in [2.05, 4.69) is 12.1 Å². The van der Waals surface area contributed by atoms with Gasteiger partial charge in [0.25, 0.3) is 0 Å². The smallest absolute Gasteiger partial charge is 0.306 e. The highest BCUT2D eigenvalue weighted by Gasteiger charge is 2.48. The summed E-state index contributed by atoms with van der Waals surface area (Å²) in [6, 6.07) is 27.4. The Labute approximate surface area is 217 Å². The van der Waals surface area contributed by atoms with E-state index < -0.39 is 29.5 Å². The van der Waals surface area contributed by atoms with Crippen molar-refractivity contribution in [2.45, 2.75) is 50.1 Å². The van der Waals surface area contributed by atoms with Gasteiger partial charge in [-0.3, -0.25) is 4.79 Å². The Bertz CT molecular complexity index is 1170. The molecule has 3 aromatic carbocycles. The molecule has 3 N–H and O–H groups in total. The fraction of sp³-hybridized carbons (Fsp3) is 0.323. The molecule has 194 valence electrons. The van der Waals surface area contributed by atoms with Gasteiger partial charge >= 0.3 is 5.97 Å². The van der Waals surface area contributed by atoms with Gasteiger partial charge in [-0.1, -0.05) is 84.9 Å². The predicted molar refractivity (Wildman–Crippen MR) is 142 cm³/mol. The molecule has 0 saturated heterocycles. The summed E-state index contributed by atoms with van der Waals surface area (Å²) < 4.78 is 11.9. The Kier molecular flexibility index (Phi) is 8.44. The predicted octanol–water partition coefficient (Wildman–Crippen LogP) is 5.24. The molecule has 0 heterocycles. The lowest BCUT2D eigenvalue weighted by molar-refractivity contribution is -0.144. The minimum atomic E-state index is -1.46. The van der Waals surface area contributed by atoms with E-state index in [9.17, 15) is 20.1 Å². The molecule has 37 heavy (non-hydrogen) atoms. The lowest BCUT2D eigenvalue weighted by Gasteiger charge is -2.30. The van der Waals surface area contributed by atoms with Gasteiger partial charge in [-0.05, 0) is 48.6 Å². The molecule has 3 aromatic rings. The standard InChI is InChI=1S/C31H34O6/c1-30(34,22-37-26-10-6-3-7-11-26)18-16-27-28(17-19-31(27,35)20-29(32)33)36-21-23-12-14-25(15-13-23)24-8-4-2-5-9-24/h2-16,18,27-28,34-35H,17,19-22H2,1H3,(H,32,33)/t27-,28+,30?,31-/m0/s1. The van der Waals surface area contributed by atoms with Crippen molar-refractivity contribution in [2.75, 3.05) is 6.61 Å². The van der Waals surface area contributed by atoms with Crippen molar-refractivity contribution < 1.29 is 29.6 Å². The average molecular weight is 503 g/mol. The molecule has 1 fully saturated rings. The van der Waals surface area contributed by atoms with Crippen LogP contribution in [0.3, 0.4) is 0 Å². The average Bonchev–Trinajstić information content (AvgIpc) is 3.20. The van der Waals surface area contributed by atoms with Crippen LogP contribution < -0.4 is 4.74 Å². The molecule has 0 aliphatic heterocycles. The van der Waals surface area contributed by atoms with Gasteiger partial charge in [-0.25, -0.2) is 0 Å². The van der Waals surface area contributed by atoms with E-state index in [0.29, 0.717) is 25.2 Å². The second-order valence-corrected chi connectivity index (χ2v) is 9.97. The van der Waals surface area contributed by atoms with E-state index in [1.807, 2.05) is 60.7 Å². The van der Waals surface area contributed by atoms with E-state index in [-0.39, 0.29) is 12.7 Å². The van der Waals surface area contributed by atoms with Crippen molar-refractivity contribution >= 4 is 5.97 Å². The number of carbonyl (C=O) groups is 1. The van der Waals surface area contributed by atoms with Crippen molar-refractivity contribution in [3.8, 4) is 16.9 Å². The molecular weight excluding hydrogens is 468 g/mol. The number of hydrogen-bond donors (Lipinski definition) is 3. The highest BCUT2D eigenvalue weighted by Crippen LogP contribution is 2.42. The van der Waals surface area contributed by atoms with Gasteiger partial charge in [0.05, 0.1) is 24.7 Å². The van der Waals surface area contributed by atoms with Crippen LogP contribution in [0.1, 0.15) is 31.7 Å². The quantitative estimate of drug-likeness (QED) is 0.310. The molecule has 1 aliphatic carbocycles. The van der Waals surface area contributed by atoms with Gasteiger partial charge in [-0.2, -0.15) is 0 Å². The molecule has 0 spiro atoms. The number of hydrogen-bond acceptors (Lipinski definition) is 5. The Morgan fingerprint density at radius 3 is 2.27 bits per heavy atom. The van der Waals surface area contributed by atoms with Crippen molar-refractivity contribution in [3.05, 3.63) is 103 Å². The largest absolute Gasteiger partial charge is 0.490 e. The van der Waals surface area contributed by atoms with Crippen LogP contribution in [0.4, 0.5) is 0 Å². The first kappa shape index (κ1) is 26.6. The van der Waals surface area contributed by atoms with Gasteiger partial charge in [0.2, 0.25) is 0 Å². The number of para-hydroxylation sites is 1. The molecule has 0 radical (unpaired) electrons. The fourth-order valence-electron chi connectivity index (χ4n) is 4.78. The number of ether oxygens (including phenoxy) is 2. The number of aliphatic carboxylic acids is 1. The molecule has 0 aromatic heterocycles. The molecule has 1 unspecified atom stereocenters. The Balaban J connectivity index is 1.43. The van der Waals surface area contributed by atoms with Crippen LogP contribution in [0.15, 0.2) is 97.1 Å². The maximum absolute atomic E-state index is 11.5. The van der Waals surface area contributed by atoms with Crippen LogP contribution in [0, 0.1) is 5.92 Å². The molecule has 1 aliphatic rings. The van der Waals surface area contributed by atoms with E-state index in [1.165, 1.54) is 0 Å². The summed E-state index contributed by atoms with van der Waals surface area (Å²) in [6.45, 7) is 1.96. The zero-order valence-electron chi connectivity index (χ0n) is 21.0. The third kappa shape index (κ3) is 7.29. The summed E-state index contributed by atoms with van der Waals surface area (Å²) in [5.74, 6) is -1.02. The second-order valence-electron chi connectivity index (χ2n) is 9.97. The van der Waals surface area contributed by atoms with E-state index in [0.717, 1.165) is 16.7 Å². The van der Waals surface area contributed by atoms with E-state index in [4.69, 9.17) is 9.47 Å². The first-order valence-corrected chi connectivity index (χ1v) is 12.5. The Morgan fingerprint density at radius 2 is 1.62 bits per heavy atom. The van der Waals surface area contributed by atoms with Crippen LogP contribution in [-0.4, -0.2) is 45.2 Å². The lowest BCUT2D eigenvalue weighted by atomic mass is 9.85. The number of carboxylic acid groups (broad SMARTS) is 1.